The lowest BCUT2D eigenvalue weighted by Crippen LogP contribution is -2.16. The molecule has 0 saturated heterocycles. The summed E-state index contributed by atoms with van der Waals surface area (Å²) in [6.07, 6.45) is 0. The van der Waals surface area contributed by atoms with Crippen LogP contribution in [-0.2, 0) is 5.41 Å². The molecule has 0 fully saturated rings. The van der Waals surface area contributed by atoms with E-state index in [1.54, 1.807) is 0 Å². The van der Waals surface area contributed by atoms with Gasteiger partial charge >= 0.3 is 0 Å². The van der Waals surface area contributed by atoms with Crippen LogP contribution in [0.2, 0.25) is 19.6 Å². The number of hydrogen-bond acceptors (Lipinski definition) is 0. The summed E-state index contributed by atoms with van der Waals surface area (Å²) >= 11 is 2.42. The Labute approximate surface area is 143 Å². The van der Waals surface area contributed by atoms with Crippen LogP contribution in [0.5, 0.6) is 0 Å². The molecule has 0 heterocycles. The van der Waals surface area contributed by atoms with Gasteiger partial charge in [0.2, 0.25) is 0 Å². The summed E-state index contributed by atoms with van der Waals surface area (Å²) < 4.78 is 1.29. The third-order valence-electron chi connectivity index (χ3n) is 3.41. The van der Waals surface area contributed by atoms with E-state index in [4.69, 9.17) is 0 Å². The van der Waals surface area contributed by atoms with E-state index >= 15 is 0 Å². The first-order chi connectivity index (χ1) is 9.58. The smallest absolute Gasteiger partial charge is 0.127 e. The Morgan fingerprint density at radius 2 is 1.52 bits per heavy atom. The van der Waals surface area contributed by atoms with Gasteiger partial charge in [-0.25, -0.2) is 0 Å². The number of rotatable bonds is 0. The first kappa shape index (κ1) is 16.6. The molecule has 2 heteroatoms. The topological polar surface area (TPSA) is 0 Å². The second kappa shape index (κ2) is 5.77. The van der Waals surface area contributed by atoms with E-state index in [1.165, 1.54) is 25.8 Å². The molecule has 0 N–H and O–H groups in total. The van der Waals surface area contributed by atoms with Crippen molar-refractivity contribution in [2.45, 2.75) is 45.8 Å². The van der Waals surface area contributed by atoms with Crippen LogP contribution in [0.4, 0.5) is 0 Å². The molecule has 110 valence electrons. The average Bonchev–Trinajstić information content (AvgIpc) is 2.51. The van der Waals surface area contributed by atoms with Crippen molar-refractivity contribution in [3.8, 4) is 22.6 Å². The van der Waals surface area contributed by atoms with Crippen LogP contribution < -0.4 is 0 Å². The molecular formula is C19H23ISi. The molecular weight excluding hydrogens is 383 g/mol. The van der Waals surface area contributed by atoms with Crippen molar-refractivity contribution in [3.63, 3.8) is 0 Å². The van der Waals surface area contributed by atoms with Gasteiger partial charge in [-0.2, -0.15) is 0 Å². The van der Waals surface area contributed by atoms with Gasteiger partial charge in [-0.05, 0) is 50.8 Å². The van der Waals surface area contributed by atoms with Gasteiger partial charge in [0.15, 0.2) is 0 Å². The lowest BCUT2D eigenvalue weighted by Gasteiger charge is -2.17. The summed E-state index contributed by atoms with van der Waals surface area (Å²) in [4.78, 5) is 0. The minimum Gasteiger partial charge on any atom is -0.127 e. The Morgan fingerprint density at radius 3 is 2.05 bits per heavy atom. The molecule has 2 aliphatic carbocycles. The van der Waals surface area contributed by atoms with Gasteiger partial charge < -0.3 is 0 Å². The minimum absolute atomic E-state index is 0.173. The third-order valence-corrected chi connectivity index (χ3v) is 5.17. The molecule has 0 nitrogen and oxygen atoms in total. The molecule has 0 spiro atoms. The molecule has 0 aromatic rings. The quantitative estimate of drug-likeness (QED) is 0.289. The largest absolute Gasteiger partial charge is 0.129 e. The van der Waals surface area contributed by atoms with Gasteiger partial charge in [0.1, 0.15) is 8.07 Å². The molecule has 0 aromatic carbocycles. The van der Waals surface area contributed by atoms with Crippen LogP contribution in [0.25, 0.3) is 11.1 Å². The van der Waals surface area contributed by atoms with Crippen LogP contribution in [0.3, 0.4) is 0 Å². The summed E-state index contributed by atoms with van der Waals surface area (Å²) in [5.74, 6) is 3.43. The molecule has 2 aliphatic rings. The van der Waals surface area contributed by atoms with Crippen LogP contribution in [0, 0.1) is 15.0 Å². The fourth-order valence-electron chi connectivity index (χ4n) is 2.16. The van der Waals surface area contributed by atoms with E-state index in [1.807, 2.05) is 0 Å². The van der Waals surface area contributed by atoms with Gasteiger partial charge in [-0.3, -0.25) is 0 Å². The van der Waals surface area contributed by atoms with E-state index in [2.05, 4.69) is 105 Å². The zero-order valence-corrected chi connectivity index (χ0v) is 16.9. The maximum Gasteiger partial charge on any atom is 0.129 e. The van der Waals surface area contributed by atoms with Crippen molar-refractivity contribution in [1.29, 1.82) is 0 Å². The Kier molecular flexibility index (Phi) is 4.56. The van der Waals surface area contributed by atoms with Crippen LogP contribution >= 0.6 is 22.6 Å². The van der Waals surface area contributed by atoms with Crippen molar-refractivity contribution in [2.24, 2.45) is 0 Å². The number of halogens is 1. The third kappa shape index (κ3) is 4.11. The van der Waals surface area contributed by atoms with E-state index in [-0.39, 0.29) is 5.41 Å². The Morgan fingerprint density at radius 1 is 0.952 bits per heavy atom. The lowest BCUT2D eigenvalue weighted by molar-refractivity contribution is 0.591. The summed E-state index contributed by atoms with van der Waals surface area (Å²) in [6, 6.07) is 11.2. The zero-order valence-electron chi connectivity index (χ0n) is 13.8. The standard InChI is InChI=1S/C19H23ISi/c1-19(2,3)15-7-9-16-14(11-12-21(4,5)6)13-18(20)17(16)10-8-15/h7-10,13H,1-6H3. The van der Waals surface area contributed by atoms with Gasteiger partial charge in [-0.15, -0.1) is 5.54 Å². The molecule has 0 atom stereocenters. The average molecular weight is 406 g/mol. The maximum atomic E-state index is 3.48. The second-order valence-electron chi connectivity index (χ2n) is 7.61. The Balaban J connectivity index is 2.59. The highest BCUT2D eigenvalue weighted by Gasteiger charge is 2.16. The summed E-state index contributed by atoms with van der Waals surface area (Å²) in [7, 11) is -1.34. The van der Waals surface area contributed by atoms with Crippen molar-refractivity contribution in [1.82, 2.24) is 0 Å². The SMILES string of the molecule is CC(C)(C)c1ccc2c(I)cc(C#C[Si](C)(C)C)c-2cc1. The van der Waals surface area contributed by atoms with Crippen LogP contribution in [0.15, 0.2) is 30.3 Å². The predicted octanol–water partition coefficient (Wildman–Crippen LogP) is 5.92. The fourth-order valence-corrected chi connectivity index (χ4v) is 3.46. The Bertz CT molecular complexity index is 690. The molecule has 21 heavy (non-hydrogen) atoms. The van der Waals surface area contributed by atoms with Gasteiger partial charge in [0.05, 0.1) is 0 Å². The molecule has 2 rings (SSSR count). The number of fused-ring (bicyclic) bond motifs is 1. The van der Waals surface area contributed by atoms with Crippen LogP contribution in [0.1, 0.15) is 31.9 Å². The number of hydrogen-bond donors (Lipinski definition) is 0. The molecule has 0 bridgehead atoms. The first-order valence-electron chi connectivity index (χ1n) is 7.34. The van der Waals surface area contributed by atoms with E-state index in [9.17, 15) is 0 Å². The van der Waals surface area contributed by atoms with E-state index in [0.29, 0.717) is 0 Å². The summed E-state index contributed by atoms with van der Waals surface area (Å²) in [5.41, 5.74) is 8.78. The minimum atomic E-state index is -1.34. The molecule has 0 saturated carbocycles. The van der Waals surface area contributed by atoms with Crippen molar-refractivity contribution >= 4 is 30.7 Å². The Hall–Kier alpha value is -0.793. The molecule has 0 aliphatic heterocycles. The normalized spacial score (nSPS) is 12.1. The van der Waals surface area contributed by atoms with E-state index in [0.717, 1.165) is 0 Å². The lowest BCUT2D eigenvalue weighted by atomic mass is 9.88. The first-order valence-corrected chi connectivity index (χ1v) is 11.9. The van der Waals surface area contributed by atoms with Gasteiger partial charge in [0.25, 0.3) is 0 Å². The molecule has 0 aromatic heterocycles. The monoisotopic (exact) mass is 406 g/mol. The molecule has 0 radical (unpaired) electrons. The fraction of sp³-hybridized carbons (Fsp3) is 0.368. The van der Waals surface area contributed by atoms with Crippen molar-refractivity contribution in [3.05, 3.63) is 45.0 Å². The summed E-state index contributed by atoms with van der Waals surface area (Å²) in [6.45, 7) is 13.6. The highest BCUT2D eigenvalue weighted by molar-refractivity contribution is 14.1. The van der Waals surface area contributed by atoms with Gasteiger partial charge in [0, 0.05) is 9.13 Å². The van der Waals surface area contributed by atoms with E-state index < -0.39 is 8.07 Å². The molecule has 0 amide bonds. The maximum absolute atomic E-state index is 3.48. The highest BCUT2D eigenvalue weighted by atomic mass is 127. The summed E-state index contributed by atoms with van der Waals surface area (Å²) in [5, 5.41) is 0. The predicted molar refractivity (Wildman–Crippen MR) is 105 cm³/mol. The van der Waals surface area contributed by atoms with Crippen LogP contribution in [-0.4, -0.2) is 8.07 Å². The van der Waals surface area contributed by atoms with Crippen molar-refractivity contribution < 1.29 is 0 Å². The van der Waals surface area contributed by atoms with Crippen molar-refractivity contribution in [2.75, 3.05) is 0 Å². The molecule has 0 unspecified atom stereocenters. The highest BCUT2D eigenvalue weighted by Crippen LogP contribution is 2.34. The van der Waals surface area contributed by atoms with Gasteiger partial charge in [-0.1, -0.05) is 70.6 Å². The zero-order chi connectivity index (χ0) is 15.8. The second-order valence-corrected chi connectivity index (χ2v) is 13.5.